The molecule has 0 radical (unpaired) electrons. The maximum absolute atomic E-state index is 12.5. The lowest BCUT2D eigenvalue weighted by atomic mass is 10.1. The van der Waals surface area contributed by atoms with Gasteiger partial charge in [-0.2, -0.15) is 5.10 Å². The van der Waals surface area contributed by atoms with E-state index in [1.165, 1.54) is 30.5 Å². The molecule has 3 aromatic rings. The van der Waals surface area contributed by atoms with Crippen LogP contribution >= 0.6 is 11.6 Å². The number of carbonyl (C=O) groups excluding carboxylic acids is 3. The normalized spacial score (nSPS) is 10.3. The van der Waals surface area contributed by atoms with Crippen LogP contribution in [0, 0.1) is 0 Å². The zero-order valence-corrected chi connectivity index (χ0v) is 16.7. The molecular formula is C20H18ClN5O4. The van der Waals surface area contributed by atoms with Gasteiger partial charge in [-0.1, -0.05) is 23.7 Å². The second-order valence-electron chi connectivity index (χ2n) is 6.21. The van der Waals surface area contributed by atoms with E-state index >= 15 is 0 Å². The molecule has 0 aliphatic carbocycles. The Morgan fingerprint density at radius 1 is 1.17 bits per heavy atom. The molecule has 9 nitrogen and oxygen atoms in total. The van der Waals surface area contributed by atoms with E-state index in [-0.39, 0.29) is 24.6 Å². The first kappa shape index (κ1) is 21.0. The summed E-state index contributed by atoms with van der Waals surface area (Å²) in [6.45, 7) is 0.139. The number of rotatable bonds is 7. The van der Waals surface area contributed by atoms with Gasteiger partial charge in [-0.05, 0) is 35.9 Å². The molecule has 0 bridgehead atoms. The number of methoxy groups -OCH3 is 1. The van der Waals surface area contributed by atoms with Crippen molar-refractivity contribution in [3.63, 3.8) is 0 Å². The Kier molecular flexibility index (Phi) is 6.76. The molecule has 10 heteroatoms. The second-order valence-corrected chi connectivity index (χ2v) is 6.62. The SMILES string of the molecule is COC(=O)c1cc(CNC(=O)Cn2cncn2)cc(NC(=O)c2ccccc2Cl)c1. The Balaban J connectivity index is 1.76. The Hall–Kier alpha value is -3.72. The third-order valence-corrected chi connectivity index (χ3v) is 4.38. The van der Waals surface area contributed by atoms with Crippen LogP contribution in [-0.2, 0) is 22.6 Å². The largest absolute Gasteiger partial charge is 0.465 e. The van der Waals surface area contributed by atoms with Crippen LogP contribution in [0.5, 0.6) is 0 Å². The van der Waals surface area contributed by atoms with Crippen molar-refractivity contribution >= 4 is 35.1 Å². The van der Waals surface area contributed by atoms with Gasteiger partial charge in [0.25, 0.3) is 5.91 Å². The molecule has 3 rings (SSSR count). The number of nitrogens with one attached hydrogen (secondary N) is 2. The van der Waals surface area contributed by atoms with Gasteiger partial charge < -0.3 is 15.4 Å². The van der Waals surface area contributed by atoms with E-state index in [4.69, 9.17) is 16.3 Å². The number of hydrogen-bond donors (Lipinski definition) is 2. The number of nitrogens with zero attached hydrogens (tertiary/aromatic N) is 3. The summed E-state index contributed by atoms with van der Waals surface area (Å²) in [5, 5.41) is 9.62. The van der Waals surface area contributed by atoms with Gasteiger partial charge in [0, 0.05) is 12.2 Å². The van der Waals surface area contributed by atoms with Crippen molar-refractivity contribution in [3.05, 3.63) is 76.8 Å². The molecule has 0 aliphatic rings. The average molecular weight is 428 g/mol. The summed E-state index contributed by atoms with van der Waals surface area (Å²) in [6, 6.07) is 11.3. The number of anilines is 1. The van der Waals surface area contributed by atoms with Crippen LogP contribution in [0.4, 0.5) is 5.69 Å². The van der Waals surface area contributed by atoms with Crippen molar-refractivity contribution in [2.45, 2.75) is 13.1 Å². The molecule has 30 heavy (non-hydrogen) atoms. The molecule has 0 unspecified atom stereocenters. The van der Waals surface area contributed by atoms with Crippen molar-refractivity contribution in [1.82, 2.24) is 20.1 Å². The molecule has 154 valence electrons. The summed E-state index contributed by atoms with van der Waals surface area (Å²) in [7, 11) is 1.26. The van der Waals surface area contributed by atoms with Crippen LogP contribution in [0.15, 0.2) is 55.1 Å². The molecule has 1 heterocycles. The van der Waals surface area contributed by atoms with E-state index in [2.05, 4.69) is 20.7 Å². The minimum atomic E-state index is -0.570. The molecule has 2 N–H and O–H groups in total. The molecule has 0 saturated heterocycles. The fraction of sp³-hybridized carbons (Fsp3) is 0.150. The van der Waals surface area contributed by atoms with Gasteiger partial charge in [0.1, 0.15) is 19.2 Å². The standard InChI is InChI=1S/C20H18ClN5O4/c1-30-20(29)14-6-13(9-23-18(27)10-26-12-22-11-24-26)7-15(8-14)25-19(28)16-4-2-3-5-17(16)21/h2-8,11-12H,9-10H2,1H3,(H,23,27)(H,25,28). The Morgan fingerprint density at radius 3 is 2.67 bits per heavy atom. The first-order valence-corrected chi connectivity index (χ1v) is 9.21. The molecule has 0 fully saturated rings. The van der Waals surface area contributed by atoms with E-state index in [9.17, 15) is 14.4 Å². The van der Waals surface area contributed by atoms with Gasteiger partial charge in [0.2, 0.25) is 5.91 Å². The molecule has 0 saturated carbocycles. The number of hydrogen-bond acceptors (Lipinski definition) is 6. The fourth-order valence-electron chi connectivity index (χ4n) is 2.66. The highest BCUT2D eigenvalue weighted by Crippen LogP contribution is 2.20. The molecule has 1 aromatic heterocycles. The Morgan fingerprint density at radius 2 is 1.97 bits per heavy atom. The predicted molar refractivity (Wildman–Crippen MR) is 109 cm³/mol. The first-order valence-electron chi connectivity index (χ1n) is 8.83. The average Bonchev–Trinajstić information content (AvgIpc) is 3.24. The zero-order valence-electron chi connectivity index (χ0n) is 16.0. The first-order chi connectivity index (χ1) is 14.5. The summed E-state index contributed by atoms with van der Waals surface area (Å²) < 4.78 is 6.16. The number of esters is 1. The lowest BCUT2D eigenvalue weighted by Gasteiger charge is -2.12. The van der Waals surface area contributed by atoms with Gasteiger partial charge in [-0.3, -0.25) is 9.59 Å². The highest BCUT2D eigenvalue weighted by atomic mass is 35.5. The summed E-state index contributed by atoms with van der Waals surface area (Å²) in [4.78, 5) is 40.4. The maximum Gasteiger partial charge on any atom is 0.337 e. The molecule has 0 spiro atoms. The molecule has 0 atom stereocenters. The van der Waals surface area contributed by atoms with Crippen molar-refractivity contribution in [3.8, 4) is 0 Å². The van der Waals surface area contributed by atoms with Gasteiger partial charge in [0.15, 0.2) is 0 Å². The smallest absolute Gasteiger partial charge is 0.337 e. The Bertz CT molecular complexity index is 1070. The summed E-state index contributed by atoms with van der Waals surface area (Å²) in [6.07, 6.45) is 2.76. The number of amides is 2. The summed E-state index contributed by atoms with van der Waals surface area (Å²) in [5.41, 5.74) is 1.49. The van der Waals surface area contributed by atoms with Gasteiger partial charge in [-0.25, -0.2) is 14.5 Å². The van der Waals surface area contributed by atoms with E-state index in [0.717, 1.165) is 0 Å². The highest BCUT2D eigenvalue weighted by Gasteiger charge is 2.14. The van der Waals surface area contributed by atoms with E-state index < -0.39 is 11.9 Å². The minimum absolute atomic E-state index is 0.00674. The predicted octanol–water partition coefficient (Wildman–Crippen LogP) is 2.29. The number of benzene rings is 2. The second kappa shape index (κ2) is 9.66. The topological polar surface area (TPSA) is 115 Å². The number of carbonyl (C=O) groups is 3. The monoisotopic (exact) mass is 427 g/mol. The third kappa shape index (κ3) is 5.42. The quantitative estimate of drug-likeness (QED) is 0.559. The minimum Gasteiger partial charge on any atom is -0.465 e. The lowest BCUT2D eigenvalue weighted by Crippen LogP contribution is -2.27. The van der Waals surface area contributed by atoms with E-state index in [0.29, 0.717) is 21.8 Å². The number of halogens is 1. The fourth-order valence-corrected chi connectivity index (χ4v) is 2.89. The van der Waals surface area contributed by atoms with Crippen LogP contribution < -0.4 is 10.6 Å². The van der Waals surface area contributed by atoms with Crippen molar-refractivity contribution in [1.29, 1.82) is 0 Å². The zero-order chi connectivity index (χ0) is 21.5. The molecule has 2 aromatic carbocycles. The maximum atomic E-state index is 12.5. The molecular weight excluding hydrogens is 410 g/mol. The van der Waals surface area contributed by atoms with Crippen LogP contribution in [0.3, 0.4) is 0 Å². The van der Waals surface area contributed by atoms with Gasteiger partial charge >= 0.3 is 5.97 Å². The number of ether oxygens (including phenoxy) is 1. The summed E-state index contributed by atoms with van der Waals surface area (Å²) >= 11 is 6.07. The van der Waals surface area contributed by atoms with E-state index in [1.807, 2.05) is 0 Å². The van der Waals surface area contributed by atoms with Gasteiger partial charge in [0.05, 0.1) is 23.3 Å². The van der Waals surface area contributed by atoms with Crippen LogP contribution in [0.1, 0.15) is 26.3 Å². The van der Waals surface area contributed by atoms with Crippen molar-refractivity contribution in [2.75, 3.05) is 12.4 Å². The van der Waals surface area contributed by atoms with Gasteiger partial charge in [-0.15, -0.1) is 0 Å². The van der Waals surface area contributed by atoms with Crippen molar-refractivity contribution < 1.29 is 19.1 Å². The molecule has 2 amide bonds. The van der Waals surface area contributed by atoms with Crippen LogP contribution in [0.25, 0.3) is 0 Å². The highest BCUT2D eigenvalue weighted by molar-refractivity contribution is 6.34. The van der Waals surface area contributed by atoms with Crippen LogP contribution in [0.2, 0.25) is 5.02 Å². The molecule has 0 aliphatic heterocycles. The number of aromatic nitrogens is 3. The van der Waals surface area contributed by atoms with Crippen molar-refractivity contribution in [2.24, 2.45) is 0 Å². The lowest BCUT2D eigenvalue weighted by molar-refractivity contribution is -0.122. The van der Waals surface area contributed by atoms with E-state index in [1.54, 1.807) is 36.4 Å². The third-order valence-electron chi connectivity index (χ3n) is 4.05. The Labute approximate surface area is 177 Å². The van der Waals surface area contributed by atoms with Crippen LogP contribution in [-0.4, -0.2) is 39.7 Å². The summed E-state index contributed by atoms with van der Waals surface area (Å²) in [5.74, 6) is -1.28.